The maximum Gasteiger partial charge on any atom is 0.417 e. The molecule has 0 saturated heterocycles. The normalized spacial score (nSPS) is 13.9. The molecule has 1 amide bonds. The van der Waals surface area contributed by atoms with Crippen molar-refractivity contribution < 1.29 is 18.0 Å². The zero-order chi connectivity index (χ0) is 21.3. The van der Waals surface area contributed by atoms with Gasteiger partial charge in [0.2, 0.25) is 0 Å². The van der Waals surface area contributed by atoms with Gasteiger partial charge in [0.1, 0.15) is 0 Å². The van der Waals surface area contributed by atoms with Crippen LogP contribution in [0.5, 0.6) is 0 Å². The second-order valence-corrected chi connectivity index (χ2v) is 7.25. The van der Waals surface area contributed by atoms with Crippen LogP contribution < -0.4 is 9.80 Å². The lowest BCUT2D eigenvalue weighted by Crippen LogP contribution is -2.44. The quantitative estimate of drug-likeness (QED) is 0.603. The number of halogens is 3. The number of amides is 1. The Kier molecular flexibility index (Phi) is 5.20. The number of aromatic nitrogens is 1. The lowest BCUT2D eigenvalue weighted by atomic mass is 10.0. The molecular formula is C23H20F3N3O. The van der Waals surface area contributed by atoms with E-state index in [1.807, 2.05) is 36.1 Å². The Balaban J connectivity index is 1.66. The van der Waals surface area contributed by atoms with Crippen molar-refractivity contribution in [1.82, 2.24) is 4.98 Å². The van der Waals surface area contributed by atoms with Crippen LogP contribution in [0.25, 0.3) is 0 Å². The maximum absolute atomic E-state index is 13.4. The van der Waals surface area contributed by atoms with Crippen LogP contribution in [0.3, 0.4) is 0 Å². The van der Waals surface area contributed by atoms with E-state index in [0.29, 0.717) is 24.6 Å². The second kappa shape index (κ2) is 7.82. The summed E-state index contributed by atoms with van der Waals surface area (Å²) < 4.78 is 40.2. The number of aryl methyl sites for hydroxylation is 1. The molecule has 0 saturated carbocycles. The predicted octanol–water partition coefficient (Wildman–Crippen LogP) is 5.08. The van der Waals surface area contributed by atoms with E-state index in [4.69, 9.17) is 0 Å². The first-order chi connectivity index (χ1) is 14.3. The number of rotatable bonds is 3. The van der Waals surface area contributed by atoms with Gasteiger partial charge in [-0.25, -0.2) is 4.98 Å². The van der Waals surface area contributed by atoms with Gasteiger partial charge >= 0.3 is 6.18 Å². The van der Waals surface area contributed by atoms with Crippen LogP contribution in [0.2, 0.25) is 0 Å². The first-order valence-electron chi connectivity index (χ1n) is 9.58. The van der Waals surface area contributed by atoms with Crippen LogP contribution in [0.1, 0.15) is 27.0 Å². The number of hydrogen-bond acceptors (Lipinski definition) is 3. The van der Waals surface area contributed by atoms with E-state index in [2.05, 4.69) is 4.98 Å². The molecule has 154 valence electrons. The van der Waals surface area contributed by atoms with Crippen LogP contribution >= 0.6 is 0 Å². The van der Waals surface area contributed by atoms with Gasteiger partial charge < -0.3 is 9.80 Å². The van der Waals surface area contributed by atoms with Gasteiger partial charge in [-0.3, -0.25) is 4.79 Å². The SMILES string of the molecule is Cc1ccc(CN2CCN(C(=O)c3ccccc3C(F)(F)F)c3cccnc32)cc1. The summed E-state index contributed by atoms with van der Waals surface area (Å²) in [6, 6.07) is 16.4. The number of alkyl halides is 3. The Morgan fingerprint density at radius 3 is 2.47 bits per heavy atom. The molecule has 0 aliphatic carbocycles. The zero-order valence-corrected chi connectivity index (χ0v) is 16.4. The van der Waals surface area contributed by atoms with Crippen LogP contribution in [0.15, 0.2) is 66.9 Å². The third kappa shape index (κ3) is 3.87. The minimum absolute atomic E-state index is 0.273. The van der Waals surface area contributed by atoms with Crippen molar-refractivity contribution >= 4 is 17.4 Å². The molecule has 0 unspecified atom stereocenters. The molecule has 3 aromatic rings. The Hall–Kier alpha value is -3.35. The van der Waals surface area contributed by atoms with Gasteiger partial charge in [-0.2, -0.15) is 13.2 Å². The summed E-state index contributed by atoms with van der Waals surface area (Å²) in [4.78, 5) is 21.0. The summed E-state index contributed by atoms with van der Waals surface area (Å²) in [6.45, 7) is 3.36. The summed E-state index contributed by atoms with van der Waals surface area (Å²) in [5, 5.41) is 0. The van der Waals surface area contributed by atoms with Crippen molar-refractivity contribution in [2.45, 2.75) is 19.6 Å². The lowest BCUT2D eigenvalue weighted by molar-refractivity contribution is -0.137. The first kappa shape index (κ1) is 19.9. The molecule has 0 bridgehead atoms. The number of carbonyl (C=O) groups is 1. The van der Waals surface area contributed by atoms with Gasteiger partial charge in [0, 0.05) is 25.8 Å². The summed E-state index contributed by atoms with van der Waals surface area (Å²) in [6.07, 6.45) is -2.98. The molecule has 4 nitrogen and oxygen atoms in total. The van der Waals surface area contributed by atoms with Crippen LogP contribution in [0.4, 0.5) is 24.7 Å². The summed E-state index contributed by atoms with van der Waals surface area (Å²) in [7, 11) is 0. The maximum atomic E-state index is 13.4. The number of fused-ring (bicyclic) bond motifs is 1. The Morgan fingerprint density at radius 1 is 1.00 bits per heavy atom. The van der Waals surface area contributed by atoms with Crippen molar-refractivity contribution in [3.63, 3.8) is 0 Å². The fourth-order valence-corrected chi connectivity index (χ4v) is 3.63. The highest BCUT2D eigenvalue weighted by Crippen LogP contribution is 2.36. The lowest BCUT2D eigenvalue weighted by Gasteiger charge is -2.37. The highest BCUT2D eigenvalue weighted by Gasteiger charge is 2.37. The van der Waals surface area contributed by atoms with Crippen LogP contribution in [-0.4, -0.2) is 24.0 Å². The predicted molar refractivity (Wildman–Crippen MR) is 110 cm³/mol. The monoisotopic (exact) mass is 411 g/mol. The van der Waals surface area contributed by atoms with Gasteiger partial charge in [-0.1, -0.05) is 42.0 Å². The third-order valence-electron chi connectivity index (χ3n) is 5.15. The van der Waals surface area contributed by atoms with Crippen molar-refractivity contribution in [2.75, 3.05) is 22.9 Å². The number of carbonyl (C=O) groups excluding carboxylic acids is 1. The molecule has 1 aliphatic rings. The first-order valence-corrected chi connectivity index (χ1v) is 9.58. The Labute approximate surface area is 172 Å². The molecule has 0 spiro atoms. The zero-order valence-electron chi connectivity index (χ0n) is 16.4. The molecular weight excluding hydrogens is 391 g/mol. The van der Waals surface area contributed by atoms with E-state index in [9.17, 15) is 18.0 Å². The average Bonchev–Trinajstić information content (AvgIpc) is 2.74. The highest BCUT2D eigenvalue weighted by atomic mass is 19.4. The van der Waals surface area contributed by atoms with E-state index in [1.54, 1.807) is 18.3 Å². The smallest absolute Gasteiger partial charge is 0.349 e. The Morgan fingerprint density at radius 2 is 1.73 bits per heavy atom. The molecule has 0 atom stereocenters. The molecule has 2 heterocycles. The van der Waals surface area contributed by atoms with Gasteiger partial charge in [0.15, 0.2) is 5.82 Å². The van der Waals surface area contributed by atoms with Gasteiger partial charge in [-0.15, -0.1) is 0 Å². The molecule has 0 fully saturated rings. The van der Waals surface area contributed by atoms with Crippen molar-refractivity contribution in [3.8, 4) is 0 Å². The fourth-order valence-electron chi connectivity index (χ4n) is 3.63. The molecule has 0 radical (unpaired) electrons. The second-order valence-electron chi connectivity index (χ2n) is 7.25. The molecule has 1 aromatic heterocycles. The van der Waals surface area contributed by atoms with E-state index >= 15 is 0 Å². The van der Waals surface area contributed by atoms with Crippen LogP contribution in [-0.2, 0) is 12.7 Å². The fraction of sp³-hybridized carbons (Fsp3) is 0.217. The van der Waals surface area contributed by atoms with Gasteiger partial charge in [-0.05, 0) is 36.8 Å². The minimum Gasteiger partial charge on any atom is -0.349 e. The molecule has 4 rings (SSSR count). The minimum atomic E-state index is -4.60. The number of anilines is 2. The van der Waals surface area contributed by atoms with Crippen molar-refractivity contribution in [3.05, 3.63) is 89.1 Å². The molecule has 0 N–H and O–H groups in total. The van der Waals surface area contributed by atoms with Gasteiger partial charge in [0.05, 0.1) is 16.8 Å². The number of nitrogens with zero attached hydrogens (tertiary/aromatic N) is 3. The third-order valence-corrected chi connectivity index (χ3v) is 5.15. The number of pyridine rings is 1. The summed E-state index contributed by atoms with van der Waals surface area (Å²) >= 11 is 0. The molecule has 2 aromatic carbocycles. The molecule has 7 heteroatoms. The van der Waals surface area contributed by atoms with E-state index in [-0.39, 0.29) is 12.1 Å². The van der Waals surface area contributed by atoms with Crippen molar-refractivity contribution in [1.29, 1.82) is 0 Å². The largest absolute Gasteiger partial charge is 0.417 e. The topological polar surface area (TPSA) is 36.4 Å². The average molecular weight is 411 g/mol. The van der Waals surface area contributed by atoms with E-state index in [1.165, 1.54) is 23.1 Å². The summed E-state index contributed by atoms with van der Waals surface area (Å²) in [5.74, 6) is -0.0886. The van der Waals surface area contributed by atoms with E-state index in [0.717, 1.165) is 17.2 Å². The van der Waals surface area contributed by atoms with Gasteiger partial charge in [0.25, 0.3) is 5.91 Å². The van der Waals surface area contributed by atoms with Crippen molar-refractivity contribution in [2.24, 2.45) is 0 Å². The number of hydrogen-bond donors (Lipinski definition) is 0. The Bertz CT molecular complexity index is 1060. The van der Waals surface area contributed by atoms with E-state index < -0.39 is 17.6 Å². The molecule has 1 aliphatic heterocycles. The summed E-state index contributed by atoms with van der Waals surface area (Å²) in [5.41, 5.74) is 1.49. The number of benzene rings is 2. The highest BCUT2D eigenvalue weighted by molar-refractivity contribution is 6.09. The van der Waals surface area contributed by atoms with Crippen LogP contribution in [0, 0.1) is 6.92 Å². The standard InChI is InChI=1S/C23H20F3N3O/c1-16-8-10-17(11-9-16)15-28-13-14-29(20-7-4-12-27-21(20)28)22(30)18-5-2-3-6-19(18)23(24,25)26/h2-12H,13-15H2,1H3. The molecule has 30 heavy (non-hydrogen) atoms.